The van der Waals surface area contributed by atoms with Crippen molar-refractivity contribution in [1.82, 2.24) is 24.1 Å². The van der Waals surface area contributed by atoms with Gasteiger partial charge in [-0.3, -0.25) is 0 Å². The summed E-state index contributed by atoms with van der Waals surface area (Å²) >= 11 is 0. The Bertz CT molecular complexity index is 1260. The minimum absolute atomic E-state index is 0.289. The summed E-state index contributed by atoms with van der Waals surface area (Å²) in [5.41, 5.74) is -4.48. The molecule has 156 valence electrons. The molecule has 0 saturated heterocycles. The first-order valence-electron chi connectivity index (χ1n) is 7.60. The molecular weight excluding hydrogens is 432 g/mol. The summed E-state index contributed by atoms with van der Waals surface area (Å²) in [6.07, 6.45) is -8.56. The molecule has 0 radical (unpaired) electrons. The molecule has 3 aromatic heterocycles. The van der Waals surface area contributed by atoms with Gasteiger partial charge in [-0.2, -0.15) is 31.0 Å². The van der Waals surface area contributed by atoms with Crippen molar-refractivity contribution < 1.29 is 34.8 Å². The summed E-state index contributed by atoms with van der Waals surface area (Å²) in [5.74, 6) is -1.40. The van der Waals surface area contributed by atoms with Gasteiger partial charge in [-0.25, -0.2) is 27.6 Å². The lowest BCUT2D eigenvalue weighted by atomic mass is 10.3. The molecule has 0 spiro atoms. The molecule has 0 fully saturated rings. The Morgan fingerprint density at radius 3 is 2.24 bits per heavy atom. The molecule has 0 amide bonds. The topological polar surface area (TPSA) is 99.2 Å². The van der Waals surface area contributed by atoms with Crippen LogP contribution in [0.2, 0.25) is 0 Å². The van der Waals surface area contributed by atoms with E-state index in [1.165, 1.54) is 0 Å². The van der Waals surface area contributed by atoms with Gasteiger partial charge >= 0.3 is 18.0 Å². The van der Waals surface area contributed by atoms with Gasteiger partial charge in [0.2, 0.25) is 0 Å². The third-order valence-corrected chi connectivity index (χ3v) is 5.50. The van der Waals surface area contributed by atoms with Crippen LogP contribution in [0.25, 0.3) is 11.5 Å². The Morgan fingerprint density at radius 1 is 1.03 bits per heavy atom. The second-order valence-electron chi connectivity index (χ2n) is 5.64. The van der Waals surface area contributed by atoms with E-state index in [-0.39, 0.29) is 6.07 Å². The third kappa shape index (κ3) is 3.68. The highest BCUT2D eigenvalue weighted by Gasteiger charge is 2.35. The molecule has 0 N–H and O–H groups in total. The first-order chi connectivity index (χ1) is 13.3. The lowest BCUT2D eigenvalue weighted by Gasteiger charge is -2.11. The van der Waals surface area contributed by atoms with Crippen LogP contribution in [-0.2, 0) is 22.2 Å². The smallest absolute Gasteiger partial charge is 0.246 e. The molecule has 3 heterocycles. The van der Waals surface area contributed by atoms with E-state index in [0.29, 0.717) is 27.7 Å². The summed E-state index contributed by atoms with van der Waals surface area (Å²) in [7, 11) is -4.31. The molecule has 0 unspecified atom stereocenters. The van der Waals surface area contributed by atoms with E-state index in [9.17, 15) is 39.6 Å². The first-order valence-corrected chi connectivity index (χ1v) is 9.26. The highest BCUT2D eigenvalue weighted by Crippen LogP contribution is 2.32. The zero-order valence-corrected chi connectivity index (χ0v) is 15.0. The fourth-order valence-corrected chi connectivity index (χ4v) is 3.34. The quantitative estimate of drug-likeness (QED) is 0.578. The zero-order chi connectivity index (χ0) is 21.8. The van der Waals surface area contributed by atoms with Gasteiger partial charge in [0.05, 0.1) is 17.5 Å². The molecule has 8 nitrogen and oxygen atoms in total. The number of sulfone groups is 1. The predicted molar refractivity (Wildman–Crippen MR) is 84.1 cm³/mol. The van der Waals surface area contributed by atoms with Gasteiger partial charge < -0.3 is 0 Å². The Balaban J connectivity index is 2.32. The average molecular weight is 441 g/mol. The molecule has 0 aliphatic heterocycles. The maximum atomic E-state index is 13.0. The highest BCUT2D eigenvalue weighted by molar-refractivity contribution is 7.91. The molecule has 0 bridgehead atoms. The van der Waals surface area contributed by atoms with Crippen LogP contribution in [0.1, 0.15) is 18.2 Å². The predicted octanol–water partition coefficient (Wildman–Crippen LogP) is 2.11. The molecule has 0 aliphatic carbocycles. The molecule has 29 heavy (non-hydrogen) atoms. The number of hydrogen-bond donors (Lipinski definition) is 0. The zero-order valence-electron chi connectivity index (χ0n) is 14.2. The normalized spacial score (nSPS) is 13.2. The number of alkyl halides is 6. The van der Waals surface area contributed by atoms with Gasteiger partial charge in [-0.05, 0) is 6.07 Å². The van der Waals surface area contributed by atoms with Crippen molar-refractivity contribution in [3.05, 3.63) is 46.4 Å². The Morgan fingerprint density at radius 2 is 1.69 bits per heavy atom. The van der Waals surface area contributed by atoms with E-state index in [4.69, 9.17) is 0 Å². The summed E-state index contributed by atoms with van der Waals surface area (Å²) < 4.78 is 103. The second-order valence-corrected chi connectivity index (χ2v) is 7.89. The fourth-order valence-electron chi connectivity index (χ4n) is 2.31. The molecule has 0 aromatic carbocycles. The van der Waals surface area contributed by atoms with E-state index < -0.39 is 61.3 Å². The van der Waals surface area contributed by atoms with Crippen LogP contribution in [0.3, 0.4) is 0 Å². The lowest BCUT2D eigenvalue weighted by Crippen LogP contribution is -2.24. The van der Waals surface area contributed by atoms with Gasteiger partial charge in [-0.1, -0.05) is 6.92 Å². The maximum Gasteiger partial charge on any atom is 0.434 e. The van der Waals surface area contributed by atoms with Crippen LogP contribution >= 0.6 is 0 Å². The van der Waals surface area contributed by atoms with Crippen molar-refractivity contribution in [1.29, 1.82) is 0 Å². The van der Waals surface area contributed by atoms with Gasteiger partial charge in [-0.15, -0.1) is 5.10 Å². The lowest BCUT2D eigenvalue weighted by molar-refractivity contribution is -0.141. The SMILES string of the molecule is CCS(=O)(=O)c1cc(C(F)(F)F)cnc1-n1nc2cnc(C(F)(F)F)cn2c1=O. The van der Waals surface area contributed by atoms with Crippen LogP contribution in [-0.4, -0.2) is 38.3 Å². The molecule has 0 atom stereocenters. The monoisotopic (exact) mass is 441 g/mol. The number of hydrogen-bond acceptors (Lipinski definition) is 6. The number of nitrogens with zero attached hydrogens (tertiary/aromatic N) is 5. The minimum Gasteiger partial charge on any atom is -0.246 e. The van der Waals surface area contributed by atoms with Crippen molar-refractivity contribution in [2.75, 3.05) is 5.75 Å². The first kappa shape index (κ1) is 20.8. The maximum absolute atomic E-state index is 13.0. The van der Waals surface area contributed by atoms with Crippen molar-refractivity contribution in [2.45, 2.75) is 24.2 Å². The van der Waals surface area contributed by atoms with E-state index in [2.05, 4.69) is 15.1 Å². The molecule has 15 heteroatoms. The van der Waals surface area contributed by atoms with E-state index in [1.807, 2.05) is 0 Å². The average Bonchev–Trinajstić information content (AvgIpc) is 2.96. The molecular formula is C14H9F6N5O3S. The Kier molecular flexibility index (Phi) is 4.68. The standard InChI is InChI=1S/C14H9F6N5O3S/c1-2-29(27,28)8-3-7(13(15,16)17)4-22-11(8)25-12(26)24-6-9(14(18,19)20)21-5-10(24)23-25/h3-6H,2H2,1H3. The van der Waals surface area contributed by atoms with E-state index in [0.717, 1.165) is 6.92 Å². The number of pyridine rings is 1. The van der Waals surface area contributed by atoms with E-state index >= 15 is 0 Å². The molecule has 3 rings (SSSR count). The van der Waals surface area contributed by atoms with Gasteiger partial charge in [0.15, 0.2) is 27.0 Å². The van der Waals surface area contributed by atoms with E-state index in [1.54, 1.807) is 0 Å². The molecule has 0 saturated carbocycles. The second kappa shape index (κ2) is 6.53. The molecule has 3 aromatic rings. The largest absolute Gasteiger partial charge is 0.434 e. The summed E-state index contributed by atoms with van der Waals surface area (Å²) in [6.45, 7) is 1.16. The van der Waals surface area contributed by atoms with Gasteiger partial charge in [0.1, 0.15) is 4.90 Å². The number of halogens is 6. The Hall–Kier alpha value is -2.97. The van der Waals surface area contributed by atoms with Crippen LogP contribution in [0.15, 0.2) is 34.3 Å². The van der Waals surface area contributed by atoms with Crippen molar-refractivity contribution in [3.8, 4) is 5.82 Å². The van der Waals surface area contributed by atoms with Crippen molar-refractivity contribution >= 4 is 15.5 Å². The summed E-state index contributed by atoms with van der Waals surface area (Å²) in [4.78, 5) is 18.0. The van der Waals surface area contributed by atoms with Crippen molar-refractivity contribution in [2.24, 2.45) is 0 Å². The number of fused-ring (bicyclic) bond motifs is 1. The summed E-state index contributed by atoms with van der Waals surface area (Å²) in [6, 6.07) is 0.289. The Labute approximate surface area is 157 Å². The van der Waals surface area contributed by atoms with Gasteiger partial charge in [0.25, 0.3) is 0 Å². The van der Waals surface area contributed by atoms with Crippen LogP contribution < -0.4 is 5.69 Å². The fraction of sp³-hybridized carbons (Fsp3) is 0.286. The molecule has 0 aliphatic rings. The van der Waals surface area contributed by atoms with Gasteiger partial charge in [0, 0.05) is 12.4 Å². The number of aromatic nitrogens is 5. The van der Waals surface area contributed by atoms with Crippen LogP contribution in [0, 0.1) is 0 Å². The number of rotatable bonds is 3. The van der Waals surface area contributed by atoms with Crippen LogP contribution in [0.4, 0.5) is 26.3 Å². The summed E-state index contributed by atoms with van der Waals surface area (Å²) in [5, 5.41) is 3.64. The van der Waals surface area contributed by atoms with Crippen molar-refractivity contribution in [3.63, 3.8) is 0 Å². The highest BCUT2D eigenvalue weighted by atomic mass is 32.2. The third-order valence-electron chi connectivity index (χ3n) is 3.77. The van der Waals surface area contributed by atoms with Crippen LogP contribution in [0.5, 0.6) is 0 Å². The minimum atomic E-state index is -4.92.